The van der Waals surface area contributed by atoms with Crippen LogP contribution in [-0.4, -0.2) is 20.8 Å². The second-order valence-electron chi connectivity index (χ2n) is 4.52. The van der Waals surface area contributed by atoms with Crippen LogP contribution in [0.15, 0.2) is 41.6 Å². The average Bonchev–Trinajstić information content (AvgIpc) is 2.83. The van der Waals surface area contributed by atoms with Gasteiger partial charge < -0.3 is 0 Å². The maximum atomic E-state index is 12.3. The van der Waals surface area contributed by atoms with Crippen LogP contribution in [0.1, 0.15) is 29.8 Å². The molecule has 0 aliphatic rings. The van der Waals surface area contributed by atoms with Gasteiger partial charge in [-0.1, -0.05) is 31.2 Å². The predicted molar refractivity (Wildman–Crippen MR) is 78.7 cm³/mol. The van der Waals surface area contributed by atoms with Gasteiger partial charge in [0.2, 0.25) is 0 Å². The van der Waals surface area contributed by atoms with Gasteiger partial charge in [0, 0.05) is 23.7 Å². The van der Waals surface area contributed by atoms with E-state index < -0.39 is 0 Å². The van der Waals surface area contributed by atoms with E-state index in [0.29, 0.717) is 0 Å². The highest BCUT2D eigenvalue weighted by Crippen LogP contribution is 2.25. The highest BCUT2D eigenvalue weighted by atomic mass is 32.2. The van der Waals surface area contributed by atoms with Gasteiger partial charge in [0.05, 0.1) is 11.4 Å². The molecule has 0 saturated carbocycles. The standard InChI is InChI=1S/C15H18N2OS/c1-4-12-5-7-13(8-6-12)15(18)11(2)19-14-9-16-17(3)10-14/h5-11H,4H2,1-3H3. The van der Waals surface area contributed by atoms with E-state index in [1.54, 1.807) is 22.6 Å². The van der Waals surface area contributed by atoms with Gasteiger partial charge in [0.1, 0.15) is 0 Å². The molecule has 0 spiro atoms. The number of rotatable bonds is 5. The largest absolute Gasteiger partial charge is 0.293 e. The van der Waals surface area contributed by atoms with Crippen molar-refractivity contribution >= 4 is 17.5 Å². The van der Waals surface area contributed by atoms with Crippen LogP contribution in [-0.2, 0) is 13.5 Å². The summed E-state index contributed by atoms with van der Waals surface area (Å²) in [5, 5.41) is 4.01. The first-order chi connectivity index (χ1) is 9.10. The van der Waals surface area contributed by atoms with Crippen molar-refractivity contribution in [2.75, 3.05) is 0 Å². The Kier molecular flexibility index (Phi) is 4.43. The Hall–Kier alpha value is -1.55. The second kappa shape index (κ2) is 6.06. The molecule has 19 heavy (non-hydrogen) atoms. The molecule has 4 heteroatoms. The molecule has 1 atom stereocenters. The van der Waals surface area contributed by atoms with E-state index in [2.05, 4.69) is 12.0 Å². The normalized spacial score (nSPS) is 12.4. The third-order valence-corrected chi connectivity index (χ3v) is 4.06. The van der Waals surface area contributed by atoms with E-state index in [1.165, 1.54) is 5.56 Å². The molecule has 1 aromatic heterocycles. The van der Waals surface area contributed by atoms with Gasteiger partial charge in [0.25, 0.3) is 0 Å². The summed E-state index contributed by atoms with van der Waals surface area (Å²) < 4.78 is 1.75. The average molecular weight is 274 g/mol. The van der Waals surface area contributed by atoms with Gasteiger partial charge >= 0.3 is 0 Å². The van der Waals surface area contributed by atoms with E-state index in [9.17, 15) is 4.79 Å². The lowest BCUT2D eigenvalue weighted by Gasteiger charge is -2.09. The second-order valence-corrected chi connectivity index (χ2v) is 5.94. The number of benzene rings is 1. The summed E-state index contributed by atoms with van der Waals surface area (Å²) in [6, 6.07) is 7.88. The fourth-order valence-electron chi connectivity index (χ4n) is 1.86. The first-order valence-corrected chi connectivity index (χ1v) is 7.26. The number of hydrogen-bond acceptors (Lipinski definition) is 3. The molecule has 1 aromatic carbocycles. The third kappa shape index (κ3) is 3.47. The number of aromatic nitrogens is 2. The molecule has 0 aliphatic carbocycles. The molecule has 0 amide bonds. The Labute approximate surface area is 118 Å². The Balaban J connectivity index is 2.05. The minimum absolute atomic E-state index is 0.100. The highest BCUT2D eigenvalue weighted by molar-refractivity contribution is 8.00. The van der Waals surface area contributed by atoms with Crippen molar-refractivity contribution < 1.29 is 4.79 Å². The quantitative estimate of drug-likeness (QED) is 0.619. The summed E-state index contributed by atoms with van der Waals surface area (Å²) in [5.41, 5.74) is 2.03. The Bertz CT molecular complexity index is 560. The van der Waals surface area contributed by atoms with E-state index in [1.807, 2.05) is 44.4 Å². The van der Waals surface area contributed by atoms with E-state index in [0.717, 1.165) is 16.9 Å². The number of thioether (sulfide) groups is 1. The number of Topliss-reactive ketones (excluding diaryl/α,β-unsaturated/α-hetero) is 1. The van der Waals surface area contributed by atoms with Gasteiger partial charge in [0.15, 0.2) is 5.78 Å². The van der Waals surface area contributed by atoms with Crippen LogP contribution in [0.3, 0.4) is 0 Å². The Morgan fingerprint density at radius 3 is 2.58 bits per heavy atom. The van der Waals surface area contributed by atoms with Crippen molar-refractivity contribution in [3.8, 4) is 0 Å². The lowest BCUT2D eigenvalue weighted by atomic mass is 10.1. The Morgan fingerprint density at radius 1 is 1.37 bits per heavy atom. The van der Waals surface area contributed by atoms with E-state index in [4.69, 9.17) is 0 Å². The number of ketones is 1. The molecule has 3 nitrogen and oxygen atoms in total. The van der Waals surface area contributed by atoms with Crippen molar-refractivity contribution in [1.29, 1.82) is 0 Å². The molecule has 0 N–H and O–H groups in total. The highest BCUT2D eigenvalue weighted by Gasteiger charge is 2.16. The summed E-state index contributed by atoms with van der Waals surface area (Å²) in [7, 11) is 1.88. The maximum absolute atomic E-state index is 12.3. The number of carbonyl (C=O) groups excluding carboxylic acids is 1. The van der Waals surface area contributed by atoms with Crippen molar-refractivity contribution in [3.05, 3.63) is 47.8 Å². The van der Waals surface area contributed by atoms with E-state index in [-0.39, 0.29) is 11.0 Å². The van der Waals surface area contributed by atoms with Crippen molar-refractivity contribution in [3.63, 3.8) is 0 Å². The lowest BCUT2D eigenvalue weighted by Crippen LogP contribution is -2.13. The topological polar surface area (TPSA) is 34.9 Å². The van der Waals surface area contributed by atoms with Gasteiger partial charge in [-0.2, -0.15) is 5.10 Å². The molecular formula is C15H18N2OS. The van der Waals surface area contributed by atoms with Crippen LogP contribution in [0.25, 0.3) is 0 Å². The number of nitrogens with zero attached hydrogens (tertiary/aromatic N) is 2. The van der Waals surface area contributed by atoms with E-state index >= 15 is 0 Å². The van der Waals surface area contributed by atoms with Crippen molar-refractivity contribution in [2.45, 2.75) is 30.4 Å². The number of carbonyl (C=O) groups is 1. The molecule has 1 unspecified atom stereocenters. The van der Waals surface area contributed by atoms with Crippen LogP contribution in [0.2, 0.25) is 0 Å². The summed E-state index contributed by atoms with van der Waals surface area (Å²) in [6.45, 7) is 4.05. The number of aryl methyl sites for hydroxylation is 2. The van der Waals surface area contributed by atoms with Gasteiger partial charge in [-0.3, -0.25) is 9.48 Å². The maximum Gasteiger partial charge on any atom is 0.175 e. The summed E-state index contributed by atoms with van der Waals surface area (Å²) >= 11 is 1.54. The zero-order chi connectivity index (χ0) is 13.8. The molecule has 0 fully saturated rings. The van der Waals surface area contributed by atoms with Gasteiger partial charge in [-0.15, -0.1) is 11.8 Å². The predicted octanol–water partition coefficient (Wildman–Crippen LogP) is 3.35. The van der Waals surface area contributed by atoms with Crippen LogP contribution >= 0.6 is 11.8 Å². The molecule has 0 saturated heterocycles. The zero-order valence-corrected chi connectivity index (χ0v) is 12.3. The van der Waals surface area contributed by atoms with Crippen molar-refractivity contribution in [1.82, 2.24) is 9.78 Å². The summed E-state index contributed by atoms with van der Waals surface area (Å²) in [6.07, 6.45) is 4.71. The third-order valence-electron chi connectivity index (χ3n) is 3.01. The SMILES string of the molecule is CCc1ccc(C(=O)C(C)Sc2cnn(C)c2)cc1. The van der Waals surface area contributed by atoms with Gasteiger partial charge in [-0.25, -0.2) is 0 Å². The fraction of sp³-hybridized carbons (Fsp3) is 0.333. The zero-order valence-electron chi connectivity index (χ0n) is 11.5. The molecule has 0 radical (unpaired) electrons. The van der Waals surface area contributed by atoms with Crippen molar-refractivity contribution in [2.24, 2.45) is 7.05 Å². The fourth-order valence-corrected chi connectivity index (χ4v) is 2.83. The van der Waals surface area contributed by atoms with Crippen LogP contribution in [0.4, 0.5) is 0 Å². The first-order valence-electron chi connectivity index (χ1n) is 6.38. The molecule has 1 heterocycles. The smallest absolute Gasteiger partial charge is 0.175 e. The minimum atomic E-state index is -0.100. The van der Waals surface area contributed by atoms with Crippen LogP contribution in [0.5, 0.6) is 0 Å². The monoisotopic (exact) mass is 274 g/mol. The van der Waals surface area contributed by atoms with Crippen LogP contribution < -0.4 is 0 Å². The summed E-state index contributed by atoms with van der Waals surface area (Å²) in [5.74, 6) is 0.163. The summed E-state index contributed by atoms with van der Waals surface area (Å²) in [4.78, 5) is 13.3. The molecule has 0 bridgehead atoms. The molecule has 2 rings (SSSR count). The van der Waals surface area contributed by atoms with Crippen LogP contribution in [0, 0.1) is 0 Å². The Morgan fingerprint density at radius 2 is 2.05 bits per heavy atom. The molecule has 0 aliphatic heterocycles. The molecule has 100 valence electrons. The number of hydrogen-bond donors (Lipinski definition) is 0. The molecule has 2 aromatic rings. The van der Waals surface area contributed by atoms with Gasteiger partial charge in [-0.05, 0) is 18.9 Å². The first kappa shape index (κ1) is 13.9. The lowest BCUT2D eigenvalue weighted by molar-refractivity contribution is 0.0994. The molecular weight excluding hydrogens is 256 g/mol. The minimum Gasteiger partial charge on any atom is -0.293 e.